The highest BCUT2D eigenvalue weighted by atomic mass is 16.5. The zero-order valence-electron chi connectivity index (χ0n) is 17.6. The predicted octanol–water partition coefficient (Wildman–Crippen LogP) is 3.70. The second kappa shape index (κ2) is 17.0. The fourth-order valence-electron chi connectivity index (χ4n) is 2.91. The first-order valence-electron chi connectivity index (χ1n) is 10.7. The Morgan fingerprint density at radius 3 is 1.59 bits per heavy atom. The van der Waals surface area contributed by atoms with Crippen LogP contribution in [0.25, 0.3) is 0 Å². The first-order chi connectivity index (χ1) is 13.0. The molecule has 0 radical (unpaired) electrons. The molecular weight excluding hydrogens is 344 g/mol. The van der Waals surface area contributed by atoms with Crippen LogP contribution in [0.1, 0.15) is 90.9 Å². The van der Waals surface area contributed by atoms with Crippen molar-refractivity contribution in [2.75, 3.05) is 26.3 Å². The topological polar surface area (TPSA) is 105 Å². The van der Waals surface area contributed by atoms with E-state index in [4.69, 9.17) is 20.9 Å². The van der Waals surface area contributed by atoms with Crippen LogP contribution in [0.2, 0.25) is 0 Å². The van der Waals surface area contributed by atoms with Gasteiger partial charge in [-0.2, -0.15) is 0 Å². The van der Waals surface area contributed by atoms with E-state index >= 15 is 0 Å². The van der Waals surface area contributed by atoms with Gasteiger partial charge in [-0.05, 0) is 51.6 Å². The molecule has 0 aliphatic rings. The maximum absolute atomic E-state index is 12.0. The van der Waals surface area contributed by atoms with Crippen LogP contribution in [-0.2, 0) is 19.1 Å². The Morgan fingerprint density at radius 2 is 1.22 bits per heavy atom. The molecule has 0 aliphatic heterocycles. The number of hydrogen-bond donors (Lipinski definition) is 2. The Kier molecular flexibility index (Phi) is 16.3. The summed E-state index contributed by atoms with van der Waals surface area (Å²) in [4.78, 5) is 24.0. The molecule has 0 bridgehead atoms. The Balaban J connectivity index is 4.44. The first-order valence-corrected chi connectivity index (χ1v) is 10.7. The van der Waals surface area contributed by atoms with Crippen molar-refractivity contribution in [1.29, 1.82) is 0 Å². The van der Waals surface area contributed by atoms with Gasteiger partial charge in [0.2, 0.25) is 0 Å². The third-order valence-corrected chi connectivity index (χ3v) is 5.06. The normalized spacial score (nSPS) is 11.4. The van der Waals surface area contributed by atoms with Crippen LogP contribution in [0.4, 0.5) is 0 Å². The molecule has 27 heavy (non-hydrogen) atoms. The van der Waals surface area contributed by atoms with Crippen molar-refractivity contribution >= 4 is 11.9 Å². The number of carbonyl (C=O) groups excluding carboxylic acids is 2. The second-order valence-electron chi connectivity index (χ2n) is 7.48. The predicted molar refractivity (Wildman–Crippen MR) is 109 cm³/mol. The van der Waals surface area contributed by atoms with Gasteiger partial charge in [0, 0.05) is 18.3 Å². The number of carbonyl (C=O) groups is 2. The molecule has 0 saturated heterocycles. The van der Waals surface area contributed by atoms with E-state index < -0.39 is 0 Å². The molecule has 0 unspecified atom stereocenters. The van der Waals surface area contributed by atoms with Crippen LogP contribution in [0.3, 0.4) is 0 Å². The van der Waals surface area contributed by atoms with Crippen molar-refractivity contribution in [3.63, 3.8) is 0 Å². The van der Waals surface area contributed by atoms with E-state index in [9.17, 15) is 9.59 Å². The van der Waals surface area contributed by atoms with Crippen LogP contribution < -0.4 is 11.5 Å². The van der Waals surface area contributed by atoms with Crippen molar-refractivity contribution in [3.05, 3.63) is 0 Å². The fraction of sp³-hybridized carbons (Fsp3) is 0.905. The minimum Gasteiger partial charge on any atom is -0.465 e. The number of ether oxygens (including phenoxy) is 2. The van der Waals surface area contributed by atoms with Gasteiger partial charge in [-0.3, -0.25) is 9.59 Å². The monoisotopic (exact) mass is 386 g/mol. The van der Waals surface area contributed by atoms with Gasteiger partial charge >= 0.3 is 11.9 Å². The molecule has 4 N–H and O–H groups in total. The van der Waals surface area contributed by atoms with Gasteiger partial charge in [0.15, 0.2) is 0 Å². The summed E-state index contributed by atoms with van der Waals surface area (Å²) in [5.74, 6) is -0.344. The number of rotatable bonds is 18. The highest BCUT2D eigenvalue weighted by molar-refractivity contribution is 5.69. The lowest BCUT2D eigenvalue weighted by molar-refractivity contribution is -0.155. The standard InChI is InChI=1S/C21H42N2O4/c1-3-5-14-21(4-2,17-26-19(24)12-8-6-10-15-22)18-27-20(25)13-9-7-11-16-23/h3-18,22-23H2,1-2H3. The van der Waals surface area contributed by atoms with Gasteiger partial charge < -0.3 is 20.9 Å². The molecule has 6 heteroatoms. The zero-order chi connectivity index (χ0) is 20.4. The second-order valence-corrected chi connectivity index (χ2v) is 7.48. The lowest BCUT2D eigenvalue weighted by Crippen LogP contribution is -2.34. The summed E-state index contributed by atoms with van der Waals surface area (Å²) in [5.41, 5.74) is 10.6. The number of unbranched alkanes of at least 4 members (excludes halogenated alkanes) is 5. The Morgan fingerprint density at radius 1 is 0.741 bits per heavy atom. The van der Waals surface area contributed by atoms with Crippen LogP contribution in [-0.4, -0.2) is 38.2 Å². The Labute approximate surface area is 165 Å². The molecule has 160 valence electrons. The molecule has 6 nitrogen and oxygen atoms in total. The van der Waals surface area contributed by atoms with E-state index in [1.165, 1.54) is 0 Å². The summed E-state index contributed by atoms with van der Waals surface area (Å²) in [6.45, 7) is 6.15. The van der Waals surface area contributed by atoms with E-state index in [0.29, 0.717) is 39.1 Å². The molecule has 0 spiro atoms. The summed E-state index contributed by atoms with van der Waals surface area (Å²) in [6.07, 6.45) is 10.0. The fourth-order valence-corrected chi connectivity index (χ4v) is 2.91. The van der Waals surface area contributed by atoms with Gasteiger partial charge in [0.05, 0.1) is 0 Å². The molecule has 0 aromatic rings. The van der Waals surface area contributed by atoms with Crippen LogP contribution in [0, 0.1) is 5.41 Å². The van der Waals surface area contributed by atoms with Crippen LogP contribution in [0.15, 0.2) is 0 Å². The van der Waals surface area contributed by atoms with Crippen LogP contribution >= 0.6 is 0 Å². The molecular formula is C21H42N2O4. The van der Waals surface area contributed by atoms with Gasteiger partial charge in [-0.25, -0.2) is 0 Å². The third kappa shape index (κ3) is 13.6. The van der Waals surface area contributed by atoms with Crippen molar-refractivity contribution in [1.82, 2.24) is 0 Å². The zero-order valence-corrected chi connectivity index (χ0v) is 17.6. The lowest BCUT2D eigenvalue weighted by atomic mass is 9.81. The van der Waals surface area contributed by atoms with E-state index in [-0.39, 0.29) is 17.4 Å². The average Bonchev–Trinajstić information content (AvgIpc) is 2.68. The molecule has 0 aromatic heterocycles. The summed E-state index contributed by atoms with van der Waals surface area (Å²) in [6, 6.07) is 0. The van der Waals surface area contributed by atoms with Crippen LogP contribution in [0.5, 0.6) is 0 Å². The average molecular weight is 387 g/mol. The summed E-state index contributed by atoms with van der Waals surface area (Å²) < 4.78 is 11.1. The SMILES string of the molecule is CCCCC(CC)(COC(=O)CCCCCN)COC(=O)CCCCCN. The van der Waals surface area contributed by atoms with Gasteiger partial charge in [0.1, 0.15) is 13.2 Å². The summed E-state index contributed by atoms with van der Waals surface area (Å²) in [5, 5.41) is 0. The minimum absolute atomic E-state index is 0.172. The first kappa shape index (κ1) is 25.9. The molecule has 0 rings (SSSR count). The maximum Gasteiger partial charge on any atom is 0.305 e. The molecule has 0 heterocycles. The van der Waals surface area contributed by atoms with Gasteiger partial charge in [-0.15, -0.1) is 0 Å². The van der Waals surface area contributed by atoms with Crippen molar-refractivity contribution in [2.45, 2.75) is 90.9 Å². The molecule has 0 aromatic carbocycles. The molecule has 0 saturated carbocycles. The number of nitrogens with two attached hydrogens (primary N) is 2. The molecule has 0 amide bonds. The lowest BCUT2D eigenvalue weighted by Gasteiger charge is -2.31. The highest BCUT2D eigenvalue weighted by Gasteiger charge is 2.31. The smallest absolute Gasteiger partial charge is 0.305 e. The number of esters is 2. The van der Waals surface area contributed by atoms with Gasteiger partial charge in [-0.1, -0.05) is 39.5 Å². The highest BCUT2D eigenvalue weighted by Crippen LogP contribution is 2.30. The van der Waals surface area contributed by atoms with E-state index in [0.717, 1.165) is 64.2 Å². The molecule has 0 fully saturated rings. The number of hydrogen-bond acceptors (Lipinski definition) is 6. The van der Waals surface area contributed by atoms with E-state index in [2.05, 4.69) is 13.8 Å². The van der Waals surface area contributed by atoms with Crippen molar-refractivity contribution in [3.8, 4) is 0 Å². The van der Waals surface area contributed by atoms with Crippen molar-refractivity contribution < 1.29 is 19.1 Å². The molecule has 0 atom stereocenters. The summed E-state index contributed by atoms with van der Waals surface area (Å²) >= 11 is 0. The maximum atomic E-state index is 12.0. The quantitative estimate of drug-likeness (QED) is 0.275. The van der Waals surface area contributed by atoms with E-state index in [1.807, 2.05) is 0 Å². The largest absolute Gasteiger partial charge is 0.465 e. The van der Waals surface area contributed by atoms with Gasteiger partial charge in [0.25, 0.3) is 0 Å². The molecule has 0 aliphatic carbocycles. The van der Waals surface area contributed by atoms with E-state index in [1.54, 1.807) is 0 Å². The Bertz CT molecular complexity index is 360. The third-order valence-electron chi connectivity index (χ3n) is 5.06. The summed E-state index contributed by atoms with van der Waals surface area (Å²) in [7, 11) is 0. The Hall–Kier alpha value is -1.14. The van der Waals surface area contributed by atoms with Crippen molar-refractivity contribution in [2.24, 2.45) is 16.9 Å². The minimum atomic E-state index is -0.282.